The SMILES string of the molecule is CC[C@H](c1ccccc1)[C@@H]1CCCN1C(=O)COCc1nc(C)no1. The first-order valence-electron chi connectivity index (χ1n) is 8.90. The van der Waals surface area contributed by atoms with Gasteiger partial charge in [0.05, 0.1) is 0 Å². The highest BCUT2D eigenvalue weighted by Crippen LogP contribution is 2.33. The van der Waals surface area contributed by atoms with Gasteiger partial charge in [0.2, 0.25) is 5.91 Å². The third kappa shape index (κ3) is 4.25. The lowest BCUT2D eigenvalue weighted by Crippen LogP contribution is -2.41. The number of hydrogen-bond acceptors (Lipinski definition) is 5. The number of benzene rings is 1. The number of rotatable bonds is 7. The standard InChI is InChI=1S/C19H25N3O3/c1-3-16(15-8-5-4-6-9-15)17-10-7-11-22(17)19(23)13-24-12-18-20-14(2)21-25-18/h4-6,8-9,16-17H,3,7,10-13H2,1-2H3/t16-,17+/m1/s1. The minimum absolute atomic E-state index is 0.0353. The summed E-state index contributed by atoms with van der Waals surface area (Å²) in [7, 11) is 0. The quantitative estimate of drug-likeness (QED) is 0.773. The van der Waals surface area contributed by atoms with Gasteiger partial charge >= 0.3 is 0 Å². The molecule has 6 nitrogen and oxygen atoms in total. The average Bonchev–Trinajstić information content (AvgIpc) is 3.26. The normalized spacial score (nSPS) is 18.5. The van der Waals surface area contributed by atoms with Crippen LogP contribution in [0.1, 0.15) is 49.4 Å². The molecule has 1 aromatic carbocycles. The number of aromatic nitrogens is 2. The van der Waals surface area contributed by atoms with Gasteiger partial charge in [0, 0.05) is 18.5 Å². The monoisotopic (exact) mass is 343 g/mol. The van der Waals surface area contributed by atoms with E-state index in [4.69, 9.17) is 9.26 Å². The highest BCUT2D eigenvalue weighted by Gasteiger charge is 2.34. The number of nitrogens with zero attached hydrogens (tertiary/aromatic N) is 3. The van der Waals surface area contributed by atoms with Gasteiger partial charge in [-0.05, 0) is 31.7 Å². The molecule has 0 radical (unpaired) electrons. The summed E-state index contributed by atoms with van der Waals surface area (Å²) in [6.45, 7) is 4.95. The Balaban J connectivity index is 1.59. The van der Waals surface area contributed by atoms with Crippen molar-refractivity contribution >= 4 is 5.91 Å². The van der Waals surface area contributed by atoms with E-state index in [1.165, 1.54) is 5.56 Å². The van der Waals surface area contributed by atoms with E-state index < -0.39 is 0 Å². The van der Waals surface area contributed by atoms with E-state index in [0.717, 1.165) is 25.8 Å². The van der Waals surface area contributed by atoms with Crippen molar-refractivity contribution in [3.8, 4) is 0 Å². The lowest BCUT2D eigenvalue weighted by molar-refractivity contribution is -0.138. The number of hydrogen-bond donors (Lipinski definition) is 0. The summed E-state index contributed by atoms with van der Waals surface area (Å²) < 4.78 is 10.5. The molecule has 1 amide bonds. The minimum Gasteiger partial charge on any atom is -0.362 e. The number of amides is 1. The number of carbonyl (C=O) groups excluding carboxylic acids is 1. The molecule has 0 bridgehead atoms. The van der Waals surface area contributed by atoms with Crippen LogP contribution in [0.2, 0.25) is 0 Å². The minimum atomic E-state index is 0.0353. The van der Waals surface area contributed by atoms with Crippen molar-refractivity contribution in [2.75, 3.05) is 13.2 Å². The molecule has 25 heavy (non-hydrogen) atoms. The van der Waals surface area contributed by atoms with E-state index in [2.05, 4.69) is 41.3 Å². The molecule has 0 N–H and O–H groups in total. The van der Waals surface area contributed by atoms with Gasteiger partial charge in [0.1, 0.15) is 13.2 Å². The van der Waals surface area contributed by atoms with Crippen molar-refractivity contribution < 1.29 is 14.1 Å². The fourth-order valence-electron chi connectivity index (χ4n) is 3.66. The number of carbonyl (C=O) groups is 1. The van der Waals surface area contributed by atoms with Crippen LogP contribution >= 0.6 is 0 Å². The molecular weight excluding hydrogens is 318 g/mol. The van der Waals surface area contributed by atoms with Crippen molar-refractivity contribution in [2.45, 2.75) is 51.7 Å². The van der Waals surface area contributed by atoms with Crippen molar-refractivity contribution in [3.05, 3.63) is 47.6 Å². The molecule has 134 valence electrons. The summed E-state index contributed by atoms with van der Waals surface area (Å²) in [6.07, 6.45) is 3.10. The maximum Gasteiger partial charge on any atom is 0.252 e. The van der Waals surface area contributed by atoms with Crippen LogP contribution in [0.25, 0.3) is 0 Å². The molecule has 1 aliphatic rings. The molecular formula is C19H25N3O3. The molecule has 1 fully saturated rings. The van der Waals surface area contributed by atoms with Crippen LogP contribution in [-0.2, 0) is 16.1 Å². The topological polar surface area (TPSA) is 68.5 Å². The molecule has 3 rings (SSSR count). The Labute approximate surface area is 148 Å². The Morgan fingerprint density at radius 2 is 2.20 bits per heavy atom. The maximum atomic E-state index is 12.6. The van der Waals surface area contributed by atoms with Gasteiger partial charge in [0.15, 0.2) is 5.82 Å². The van der Waals surface area contributed by atoms with Gasteiger partial charge in [0.25, 0.3) is 5.89 Å². The van der Waals surface area contributed by atoms with E-state index >= 15 is 0 Å². The van der Waals surface area contributed by atoms with E-state index in [0.29, 0.717) is 17.6 Å². The van der Waals surface area contributed by atoms with Gasteiger partial charge in [-0.3, -0.25) is 4.79 Å². The van der Waals surface area contributed by atoms with Crippen LogP contribution < -0.4 is 0 Å². The van der Waals surface area contributed by atoms with Crippen LogP contribution in [0, 0.1) is 6.92 Å². The fourth-order valence-corrected chi connectivity index (χ4v) is 3.66. The summed E-state index contributed by atoms with van der Waals surface area (Å²) in [5, 5.41) is 3.71. The first-order chi connectivity index (χ1) is 12.2. The Hall–Kier alpha value is -2.21. The van der Waals surface area contributed by atoms with Gasteiger partial charge in [-0.15, -0.1) is 0 Å². The molecule has 2 heterocycles. The molecule has 0 aliphatic carbocycles. The largest absolute Gasteiger partial charge is 0.362 e. The highest BCUT2D eigenvalue weighted by atomic mass is 16.5. The highest BCUT2D eigenvalue weighted by molar-refractivity contribution is 5.78. The smallest absolute Gasteiger partial charge is 0.252 e. The second-order valence-electron chi connectivity index (χ2n) is 6.45. The predicted octanol–water partition coefficient (Wildman–Crippen LogP) is 3.08. The first-order valence-corrected chi connectivity index (χ1v) is 8.90. The summed E-state index contributed by atoms with van der Waals surface area (Å²) in [6, 6.07) is 10.7. The summed E-state index contributed by atoms with van der Waals surface area (Å²) in [5.74, 6) is 1.37. The van der Waals surface area contributed by atoms with Gasteiger partial charge in [-0.2, -0.15) is 4.98 Å². The lowest BCUT2D eigenvalue weighted by atomic mass is 9.87. The molecule has 0 saturated carbocycles. The van der Waals surface area contributed by atoms with Crippen LogP contribution in [0.4, 0.5) is 0 Å². The Morgan fingerprint density at radius 3 is 2.88 bits per heavy atom. The second-order valence-corrected chi connectivity index (χ2v) is 6.45. The maximum absolute atomic E-state index is 12.6. The molecule has 1 aliphatic heterocycles. The Bertz CT molecular complexity index is 686. The Kier molecular flexibility index (Phi) is 5.81. The molecule has 6 heteroatoms. The third-order valence-corrected chi connectivity index (χ3v) is 4.77. The molecule has 0 unspecified atom stereocenters. The van der Waals surface area contributed by atoms with Gasteiger partial charge in [-0.1, -0.05) is 42.4 Å². The zero-order valence-electron chi connectivity index (χ0n) is 14.9. The van der Waals surface area contributed by atoms with Crippen LogP contribution in [-0.4, -0.2) is 40.1 Å². The molecule has 1 saturated heterocycles. The molecule has 1 aromatic heterocycles. The number of likely N-dealkylation sites (tertiary alicyclic amines) is 1. The van der Waals surface area contributed by atoms with Crippen LogP contribution in [0.3, 0.4) is 0 Å². The van der Waals surface area contributed by atoms with Crippen molar-refractivity contribution in [1.82, 2.24) is 15.0 Å². The zero-order chi connectivity index (χ0) is 17.6. The van der Waals surface area contributed by atoms with Gasteiger partial charge in [-0.25, -0.2) is 0 Å². The fraction of sp³-hybridized carbons (Fsp3) is 0.526. The zero-order valence-corrected chi connectivity index (χ0v) is 14.9. The van der Waals surface area contributed by atoms with Crippen molar-refractivity contribution in [2.24, 2.45) is 0 Å². The number of aryl methyl sites for hydroxylation is 1. The summed E-state index contributed by atoms with van der Waals surface area (Å²) >= 11 is 0. The molecule has 2 aromatic rings. The van der Waals surface area contributed by atoms with Crippen molar-refractivity contribution in [3.63, 3.8) is 0 Å². The Morgan fingerprint density at radius 1 is 1.40 bits per heavy atom. The lowest BCUT2D eigenvalue weighted by Gasteiger charge is -2.31. The first kappa shape index (κ1) is 17.6. The van der Waals surface area contributed by atoms with Crippen LogP contribution in [0.5, 0.6) is 0 Å². The second kappa shape index (κ2) is 8.25. The molecule has 2 atom stereocenters. The van der Waals surface area contributed by atoms with Gasteiger partial charge < -0.3 is 14.2 Å². The van der Waals surface area contributed by atoms with E-state index in [-0.39, 0.29) is 25.2 Å². The van der Waals surface area contributed by atoms with E-state index in [1.807, 2.05) is 11.0 Å². The average molecular weight is 343 g/mol. The van der Waals surface area contributed by atoms with Crippen LogP contribution in [0.15, 0.2) is 34.9 Å². The third-order valence-electron chi connectivity index (χ3n) is 4.77. The predicted molar refractivity (Wildman–Crippen MR) is 92.9 cm³/mol. The molecule has 0 spiro atoms. The van der Waals surface area contributed by atoms with E-state index in [1.54, 1.807) is 6.92 Å². The van der Waals surface area contributed by atoms with Crippen molar-refractivity contribution in [1.29, 1.82) is 0 Å². The summed E-state index contributed by atoms with van der Waals surface area (Å²) in [5.41, 5.74) is 1.30. The summed E-state index contributed by atoms with van der Waals surface area (Å²) in [4.78, 5) is 18.7. The number of ether oxygens (including phenoxy) is 1. The van der Waals surface area contributed by atoms with E-state index in [9.17, 15) is 4.79 Å².